The number of nitriles is 1. The molecule has 1 aromatic heterocycles. The fourth-order valence-corrected chi connectivity index (χ4v) is 2.05. The molecule has 1 saturated heterocycles. The zero-order chi connectivity index (χ0) is 11.5. The van der Waals surface area contributed by atoms with Gasteiger partial charge < -0.3 is 9.72 Å². The van der Waals surface area contributed by atoms with Gasteiger partial charge in [-0.3, -0.25) is 4.90 Å². The fourth-order valence-electron chi connectivity index (χ4n) is 2.05. The third-order valence-corrected chi connectivity index (χ3v) is 2.83. The summed E-state index contributed by atoms with van der Waals surface area (Å²) in [5.74, 6) is 0.862. The van der Waals surface area contributed by atoms with Crippen LogP contribution < -0.4 is 0 Å². The number of nitrogens with zero attached hydrogens (tertiary/aromatic N) is 3. The van der Waals surface area contributed by atoms with Gasteiger partial charge in [-0.05, 0) is 13.8 Å². The first-order valence-corrected chi connectivity index (χ1v) is 5.47. The average Bonchev–Trinajstić information content (AvgIpc) is 2.61. The van der Waals surface area contributed by atoms with E-state index in [0.29, 0.717) is 13.2 Å². The van der Waals surface area contributed by atoms with Gasteiger partial charge in [0.15, 0.2) is 0 Å². The van der Waals surface area contributed by atoms with Crippen molar-refractivity contribution in [3.8, 4) is 6.07 Å². The lowest BCUT2D eigenvalue weighted by Gasteiger charge is -2.29. The molecule has 5 nitrogen and oxygen atoms in total. The quantitative estimate of drug-likeness (QED) is 0.805. The summed E-state index contributed by atoms with van der Waals surface area (Å²) in [5, 5.41) is 9.28. The van der Waals surface area contributed by atoms with Crippen molar-refractivity contribution in [3.05, 3.63) is 17.2 Å². The number of hydrogen-bond acceptors (Lipinski definition) is 4. The van der Waals surface area contributed by atoms with Gasteiger partial charge in [-0.25, -0.2) is 4.98 Å². The van der Waals surface area contributed by atoms with E-state index in [-0.39, 0.29) is 6.04 Å². The van der Waals surface area contributed by atoms with Crippen LogP contribution in [0.25, 0.3) is 0 Å². The molecule has 2 heterocycles. The monoisotopic (exact) mass is 220 g/mol. The molecule has 0 aromatic carbocycles. The molecule has 0 aliphatic carbocycles. The lowest BCUT2D eigenvalue weighted by atomic mass is 10.1. The number of nitrogens with one attached hydrogen (secondary N) is 1. The Morgan fingerprint density at radius 1 is 1.44 bits per heavy atom. The standard InChI is InChI=1S/C11H16N4O/c1-8-11(14-9(2)13-8)10(7-12)15-3-5-16-6-4-15/h10H,3-6H2,1-2H3,(H,13,14). The van der Waals surface area contributed by atoms with E-state index in [2.05, 4.69) is 20.9 Å². The maximum Gasteiger partial charge on any atom is 0.142 e. The molecule has 1 aromatic rings. The van der Waals surface area contributed by atoms with Crippen LogP contribution in [-0.4, -0.2) is 41.2 Å². The molecule has 1 aliphatic rings. The molecule has 0 saturated carbocycles. The number of rotatable bonds is 2. The highest BCUT2D eigenvalue weighted by Crippen LogP contribution is 2.22. The first-order chi connectivity index (χ1) is 7.72. The van der Waals surface area contributed by atoms with Crippen LogP contribution in [0, 0.1) is 25.2 Å². The molecule has 1 aliphatic heterocycles. The smallest absolute Gasteiger partial charge is 0.142 e. The van der Waals surface area contributed by atoms with Crippen LogP contribution in [0.3, 0.4) is 0 Å². The van der Waals surface area contributed by atoms with Gasteiger partial charge in [-0.1, -0.05) is 0 Å². The molecule has 0 spiro atoms. The van der Waals surface area contributed by atoms with Crippen LogP contribution in [0.5, 0.6) is 0 Å². The van der Waals surface area contributed by atoms with Crippen LogP contribution in [0.15, 0.2) is 0 Å². The Morgan fingerprint density at radius 2 is 2.12 bits per heavy atom. The van der Waals surface area contributed by atoms with E-state index in [9.17, 15) is 5.26 Å². The zero-order valence-electron chi connectivity index (χ0n) is 9.66. The molecule has 5 heteroatoms. The molecule has 0 radical (unpaired) electrons. The van der Waals surface area contributed by atoms with Gasteiger partial charge >= 0.3 is 0 Å². The van der Waals surface area contributed by atoms with E-state index in [0.717, 1.165) is 30.3 Å². The Morgan fingerprint density at radius 3 is 2.62 bits per heavy atom. The van der Waals surface area contributed by atoms with Gasteiger partial charge in [0.1, 0.15) is 11.9 Å². The van der Waals surface area contributed by atoms with E-state index < -0.39 is 0 Å². The number of morpholine rings is 1. The van der Waals surface area contributed by atoms with Gasteiger partial charge in [-0.15, -0.1) is 0 Å². The topological polar surface area (TPSA) is 64.9 Å². The molecule has 0 amide bonds. The highest BCUT2D eigenvalue weighted by molar-refractivity contribution is 5.22. The van der Waals surface area contributed by atoms with E-state index >= 15 is 0 Å². The summed E-state index contributed by atoms with van der Waals surface area (Å²) in [6, 6.07) is 2.07. The minimum atomic E-state index is -0.256. The molecular formula is C11H16N4O. The van der Waals surface area contributed by atoms with Crippen molar-refractivity contribution in [1.82, 2.24) is 14.9 Å². The predicted octanol–water partition coefficient (Wildman–Crippen LogP) is 0.923. The Bertz CT molecular complexity index is 401. The molecule has 2 rings (SSSR count). The van der Waals surface area contributed by atoms with Gasteiger partial charge in [0.05, 0.1) is 25.0 Å². The largest absolute Gasteiger partial charge is 0.379 e. The fraction of sp³-hybridized carbons (Fsp3) is 0.636. The Hall–Kier alpha value is -1.38. The molecular weight excluding hydrogens is 204 g/mol. The van der Waals surface area contributed by atoms with Crippen molar-refractivity contribution in [2.24, 2.45) is 0 Å². The van der Waals surface area contributed by atoms with Crippen LogP contribution in [-0.2, 0) is 4.74 Å². The third-order valence-electron chi connectivity index (χ3n) is 2.83. The second-order valence-electron chi connectivity index (χ2n) is 4.01. The minimum Gasteiger partial charge on any atom is -0.379 e. The average molecular weight is 220 g/mol. The van der Waals surface area contributed by atoms with Crippen molar-refractivity contribution >= 4 is 0 Å². The summed E-state index contributed by atoms with van der Waals surface area (Å²) >= 11 is 0. The van der Waals surface area contributed by atoms with E-state index in [1.54, 1.807) is 0 Å². The summed E-state index contributed by atoms with van der Waals surface area (Å²) in [6.45, 7) is 6.85. The van der Waals surface area contributed by atoms with Gasteiger partial charge in [0.2, 0.25) is 0 Å². The van der Waals surface area contributed by atoms with Crippen LogP contribution in [0.1, 0.15) is 23.3 Å². The van der Waals surface area contributed by atoms with Gasteiger partial charge in [0.25, 0.3) is 0 Å². The minimum absolute atomic E-state index is 0.256. The lowest BCUT2D eigenvalue weighted by Crippen LogP contribution is -2.38. The van der Waals surface area contributed by atoms with E-state index in [4.69, 9.17) is 4.74 Å². The highest BCUT2D eigenvalue weighted by atomic mass is 16.5. The molecule has 1 unspecified atom stereocenters. The zero-order valence-corrected chi connectivity index (χ0v) is 9.66. The van der Waals surface area contributed by atoms with Crippen LogP contribution in [0.4, 0.5) is 0 Å². The summed E-state index contributed by atoms with van der Waals surface area (Å²) in [6.07, 6.45) is 0. The normalized spacial score (nSPS) is 19.3. The Balaban J connectivity index is 2.22. The maximum absolute atomic E-state index is 9.28. The van der Waals surface area contributed by atoms with Crippen LogP contribution in [0.2, 0.25) is 0 Å². The van der Waals surface area contributed by atoms with Crippen molar-refractivity contribution in [2.75, 3.05) is 26.3 Å². The Labute approximate surface area is 95.0 Å². The lowest BCUT2D eigenvalue weighted by molar-refractivity contribution is 0.0259. The summed E-state index contributed by atoms with van der Waals surface area (Å²) < 4.78 is 5.29. The predicted molar refractivity (Wildman–Crippen MR) is 58.8 cm³/mol. The second kappa shape index (κ2) is 4.64. The molecule has 86 valence electrons. The number of imidazole rings is 1. The molecule has 1 N–H and O–H groups in total. The van der Waals surface area contributed by atoms with E-state index in [1.165, 1.54) is 0 Å². The van der Waals surface area contributed by atoms with Crippen molar-refractivity contribution in [3.63, 3.8) is 0 Å². The number of H-pyrrole nitrogens is 1. The Kier molecular flexibility index (Phi) is 3.22. The molecule has 1 atom stereocenters. The maximum atomic E-state index is 9.28. The molecule has 1 fully saturated rings. The summed E-state index contributed by atoms with van der Waals surface area (Å²) in [7, 11) is 0. The SMILES string of the molecule is Cc1nc(C(C#N)N2CCOCC2)c(C)[nH]1. The van der Waals surface area contributed by atoms with Gasteiger partial charge in [-0.2, -0.15) is 5.26 Å². The second-order valence-corrected chi connectivity index (χ2v) is 4.01. The van der Waals surface area contributed by atoms with E-state index in [1.807, 2.05) is 13.8 Å². The summed E-state index contributed by atoms with van der Waals surface area (Å²) in [4.78, 5) is 9.65. The van der Waals surface area contributed by atoms with Crippen molar-refractivity contribution in [1.29, 1.82) is 5.26 Å². The number of hydrogen-bond donors (Lipinski definition) is 1. The van der Waals surface area contributed by atoms with Crippen LogP contribution >= 0.6 is 0 Å². The molecule has 16 heavy (non-hydrogen) atoms. The number of aromatic nitrogens is 2. The van der Waals surface area contributed by atoms with Crippen molar-refractivity contribution < 1.29 is 4.74 Å². The van der Waals surface area contributed by atoms with Crippen molar-refractivity contribution in [2.45, 2.75) is 19.9 Å². The summed E-state index contributed by atoms with van der Waals surface area (Å²) in [5.41, 5.74) is 1.83. The van der Waals surface area contributed by atoms with Gasteiger partial charge in [0, 0.05) is 18.8 Å². The third kappa shape index (κ3) is 2.08. The number of ether oxygens (including phenoxy) is 1. The molecule has 0 bridgehead atoms. The highest BCUT2D eigenvalue weighted by Gasteiger charge is 2.25. The first kappa shape index (κ1) is 11.1. The first-order valence-electron chi connectivity index (χ1n) is 5.47. The number of aromatic amines is 1. The number of aryl methyl sites for hydroxylation is 2.